The second-order valence-electron chi connectivity index (χ2n) is 5.71. The topological polar surface area (TPSA) is 114 Å². The molecule has 1 aromatic rings. The first kappa shape index (κ1) is 18.8. The quantitative estimate of drug-likeness (QED) is 0.697. The molecule has 0 radical (unpaired) electrons. The summed E-state index contributed by atoms with van der Waals surface area (Å²) in [5.74, 6) is -1.60. The molecular formula is C16H19N3O5S. The van der Waals surface area contributed by atoms with Gasteiger partial charge >= 0.3 is 12.0 Å². The Hall–Kier alpha value is -2.55. The molecule has 0 fully saturated rings. The lowest BCUT2D eigenvalue weighted by Gasteiger charge is -2.21. The number of hydrogen-bond donors (Lipinski definition) is 3. The summed E-state index contributed by atoms with van der Waals surface area (Å²) < 4.78 is 4.88. The van der Waals surface area contributed by atoms with Crippen LogP contribution >= 0.6 is 11.8 Å². The van der Waals surface area contributed by atoms with Crippen LogP contribution in [-0.2, 0) is 14.3 Å². The first-order chi connectivity index (χ1) is 11.8. The van der Waals surface area contributed by atoms with Crippen molar-refractivity contribution in [3.05, 3.63) is 23.8 Å². The fraction of sp³-hybridized carbons (Fsp3) is 0.375. The minimum Gasteiger partial charge on any atom is -0.452 e. The molecule has 0 bridgehead atoms. The first-order valence-corrected chi connectivity index (χ1v) is 8.53. The molecule has 9 heteroatoms. The van der Waals surface area contributed by atoms with E-state index in [-0.39, 0.29) is 22.8 Å². The molecule has 1 aliphatic heterocycles. The van der Waals surface area contributed by atoms with Gasteiger partial charge in [0.2, 0.25) is 5.91 Å². The molecule has 25 heavy (non-hydrogen) atoms. The molecule has 1 aliphatic rings. The lowest BCUT2D eigenvalue weighted by atomic mass is 10.2. The van der Waals surface area contributed by atoms with E-state index >= 15 is 0 Å². The highest BCUT2D eigenvalue weighted by molar-refractivity contribution is 8.00. The summed E-state index contributed by atoms with van der Waals surface area (Å²) in [6.45, 7) is 4.70. The van der Waals surface area contributed by atoms with Crippen LogP contribution < -0.4 is 16.0 Å². The van der Waals surface area contributed by atoms with Gasteiger partial charge in [-0.3, -0.25) is 14.9 Å². The van der Waals surface area contributed by atoms with Crippen LogP contribution in [-0.4, -0.2) is 41.7 Å². The number of carbonyl (C=O) groups excluding carboxylic acids is 4. The highest BCUT2D eigenvalue weighted by atomic mass is 32.2. The van der Waals surface area contributed by atoms with Gasteiger partial charge in [-0.25, -0.2) is 9.59 Å². The van der Waals surface area contributed by atoms with E-state index in [2.05, 4.69) is 16.0 Å². The van der Waals surface area contributed by atoms with Crippen molar-refractivity contribution in [2.45, 2.75) is 37.0 Å². The Bertz CT molecular complexity index is 720. The van der Waals surface area contributed by atoms with Crippen molar-refractivity contribution >= 4 is 41.3 Å². The number of anilines is 1. The Kier molecular flexibility index (Phi) is 6.02. The predicted octanol–water partition coefficient (Wildman–Crippen LogP) is 1.51. The van der Waals surface area contributed by atoms with Gasteiger partial charge in [0.1, 0.15) is 0 Å². The Morgan fingerprint density at radius 2 is 2.04 bits per heavy atom. The molecular weight excluding hydrogens is 346 g/mol. The predicted molar refractivity (Wildman–Crippen MR) is 92.5 cm³/mol. The smallest absolute Gasteiger partial charge is 0.338 e. The van der Waals surface area contributed by atoms with E-state index in [9.17, 15) is 19.2 Å². The number of nitrogens with one attached hydrogen (secondary N) is 3. The molecule has 1 heterocycles. The normalized spacial score (nSPS) is 15.8. The molecule has 134 valence electrons. The number of thioether (sulfide) groups is 1. The molecule has 2 rings (SSSR count). The number of fused-ring (bicyclic) bond motifs is 1. The number of hydrogen-bond acceptors (Lipinski definition) is 6. The molecule has 1 aromatic carbocycles. The summed E-state index contributed by atoms with van der Waals surface area (Å²) in [7, 11) is 0. The second-order valence-corrected chi connectivity index (χ2v) is 7.10. The number of benzene rings is 1. The Morgan fingerprint density at radius 3 is 2.72 bits per heavy atom. The van der Waals surface area contributed by atoms with E-state index in [1.54, 1.807) is 32.9 Å². The maximum atomic E-state index is 12.0. The van der Waals surface area contributed by atoms with E-state index in [0.29, 0.717) is 5.69 Å². The largest absolute Gasteiger partial charge is 0.452 e. The van der Waals surface area contributed by atoms with Crippen molar-refractivity contribution in [1.82, 2.24) is 10.6 Å². The molecule has 0 saturated heterocycles. The van der Waals surface area contributed by atoms with E-state index < -0.39 is 24.5 Å². The summed E-state index contributed by atoms with van der Waals surface area (Å²) in [4.78, 5) is 47.5. The van der Waals surface area contributed by atoms with Crippen LogP contribution in [0.4, 0.5) is 10.5 Å². The van der Waals surface area contributed by atoms with Gasteiger partial charge in [0.25, 0.3) is 5.91 Å². The molecule has 0 aliphatic carbocycles. The number of urea groups is 1. The monoisotopic (exact) mass is 365 g/mol. The molecule has 1 atom stereocenters. The van der Waals surface area contributed by atoms with Crippen LogP contribution in [0.3, 0.4) is 0 Å². The van der Waals surface area contributed by atoms with Gasteiger partial charge in [-0.05, 0) is 39.0 Å². The zero-order valence-corrected chi connectivity index (χ0v) is 14.9. The molecule has 8 nitrogen and oxygen atoms in total. The second kappa shape index (κ2) is 8.02. The number of rotatable bonds is 4. The molecule has 3 N–H and O–H groups in total. The molecule has 0 spiro atoms. The van der Waals surface area contributed by atoms with Crippen LogP contribution in [0.2, 0.25) is 0 Å². The molecule has 1 unspecified atom stereocenters. The first-order valence-electron chi connectivity index (χ1n) is 7.65. The molecule has 0 saturated carbocycles. The van der Waals surface area contributed by atoms with Crippen LogP contribution in [0.15, 0.2) is 23.1 Å². The van der Waals surface area contributed by atoms with Gasteiger partial charge in [0.15, 0.2) is 6.61 Å². The van der Waals surface area contributed by atoms with Gasteiger partial charge in [0, 0.05) is 10.9 Å². The van der Waals surface area contributed by atoms with Gasteiger partial charge in [-0.15, -0.1) is 11.8 Å². The SMILES string of the molecule is CC(C)NC(=O)NC(=O)COC(=O)c1ccc2c(c1)NC(=O)C(C)S2. The fourth-order valence-corrected chi connectivity index (χ4v) is 2.94. The Labute approximate surface area is 149 Å². The third-order valence-electron chi connectivity index (χ3n) is 3.15. The Balaban J connectivity index is 1.91. The lowest BCUT2D eigenvalue weighted by Crippen LogP contribution is -2.44. The van der Waals surface area contributed by atoms with E-state index in [1.807, 2.05) is 0 Å². The Morgan fingerprint density at radius 1 is 1.32 bits per heavy atom. The molecule has 4 amide bonds. The highest BCUT2D eigenvalue weighted by Gasteiger charge is 2.24. The standard InChI is InChI=1S/C16H19N3O5S/c1-8(2)17-16(23)19-13(20)7-24-15(22)10-4-5-12-11(6-10)18-14(21)9(3)25-12/h4-6,8-9H,7H2,1-3H3,(H,18,21)(H2,17,19,20,23). The van der Waals surface area contributed by atoms with E-state index in [4.69, 9.17) is 4.74 Å². The van der Waals surface area contributed by atoms with Crippen LogP contribution in [0.1, 0.15) is 31.1 Å². The number of ether oxygens (including phenoxy) is 1. The van der Waals surface area contributed by atoms with Crippen molar-refractivity contribution in [3.63, 3.8) is 0 Å². The van der Waals surface area contributed by atoms with Crippen LogP contribution in [0.5, 0.6) is 0 Å². The maximum Gasteiger partial charge on any atom is 0.338 e. The fourth-order valence-electron chi connectivity index (χ4n) is 2.01. The van der Waals surface area contributed by atoms with Crippen molar-refractivity contribution < 1.29 is 23.9 Å². The lowest BCUT2D eigenvalue weighted by molar-refractivity contribution is -0.123. The number of esters is 1. The minimum atomic E-state index is -0.734. The van der Waals surface area contributed by atoms with Crippen molar-refractivity contribution in [2.75, 3.05) is 11.9 Å². The zero-order chi connectivity index (χ0) is 18.6. The van der Waals surface area contributed by atoms with Gasteiger partial charge < -0.3 is 15.4 Å². The third kappa shape index (κ3) is 5.21. The minimum absolute atomic E-state index is 0.123. The summed E-state index contributed by atoms with van der Waals surface area (Å²) in [5, 5.41) is 7.04. The summed E-state index contributed by atoms with van der Waals surface area (Å²) in [6, 6.07) is 3.99. The van der Waals surface area contributed by atoms with Crippen molar-refractivity contribution in [3.8, 4) is 0 Å². The van der Waals surface area contributed by atoms with E-state index in [1.165, 1.54) is 17.8 Å². The highest BCUT2D eigenvalue weighted by Crippen LogP contribution is 2.35. The van der Waals surface area contributed by atoms with Crippen molar-refractivity contribution in [2.24, 2.45) is 0 Å². The zero-order valence-electron chi connectivity index (χ0n) is 14.0. The summed E-state index contributed by atoms with van der Waals surface area (Å²) >= 11 is 1.40. The van der Waals surface area contributed by atoms with Crippen LogP contribution in [0.25, 0.3) is 0 Å². The summed E-state index contributed by atoms with van der Waals surface area (Å²) in [6.07, 6.45) is 0. The van der Waals surface area contributed by atoms with Crippen LogP contribution in [0, 0.1) is 0 Å². The maximum absolute atomic E-state index is 12.0. The van der Waals surface area contributed by atoms with Crippen molar-refractivity contribution in [1.29, 1.82) is 0 Å². The van der Waals surface area contributed by atoms with Gasteiger partial charge in [-0.2, -0.15) is 0 Å². The average Bonchev–Trinajstić information content (AvgIpc) is 2.52. The number of amides is 4. The average molecular weight is 365 g/mol. The number of imide groups is 1. The third-order valence-corrected chi connectivity index (χ3v) is 4.33. The van der Waals surface area contributed by atoms with Gasteiger partial charge in [-0.1, -0.05) is 0 Å². The van der Waals surface area contributed by atoms with Gasteiger partial charge in [0.05, 0.1) is 16.5 Å². The molecule has 0 aromatic heterocycles. The number of carbonyl (C=O) groups is 4. The summed E-state index contributed by atoms with van der Waals surface area (Å²) in [5.41, 5.74) is 0.733. The van der Waals surface area contributed by atoms with E-state index in [0.717, 1.165) is 4.90 Å².